The van der Waals surface area contributed by atoms with Gasteiger partial charge < -0.3 is 15.8 Å². The summed E-state index contributed by atoms with van der Waals surface area (Å²) in [6.45, 7) is 0.425. The fourth-order valence-electron chi connectivity index (χ4n) is 3.66. The second-order valence-electron chi connectivity index (χ2n) is 7.31. The zero-order chi connectivity index (χ0) is 21.8. The lowest BCUT2D eigenvalue weighted by molar-refractivity contribution is 0.0252. The van der Waals surface area contributed by atoms with Crippen molar-refractivity contribution in [3.05, 3.63) is 82.0 Å². The van der Waals surface area contributed by atoms with Gasteiger partial charge in [-0.15, -0.1) is 0 Å². The summed E-state index contributed by atoms with van der Waals surface area (Å²) in [6.07, 6.45) is 1.32. The summed E-state index contributed by atoms with van der Waals surface area (Å²) < 4.78 is 5.56. The molecule has 8 nitrogen and oxygen atoms in total. The lowest BCUT2D eigenvalue weighted by Crippen LogP contribution is -2.26. The van der Waals surface area contributed by atoms with Crippen LogP contribution < -0.4 is 11.1 Å². The molecule has 0 unspecified atom stereocenters. The molecule has 4 rings (SSSR count). The van der Waals surface area contributed by atoms with Crippen LogP contribution in [0.3, 0.4) is 0 Å². The van der Waals surface area contributed by atoms with Gasteiger partial charge in [0.05, 0.1) is 11.3 Å². The molecule has 1 aliphatic rings. The molecular formula is C23H21N5O3. The van der Waals surface area contributed by atoms with Crippen LogP contribution in [0.2, 0.25) is 0 Å². The third kappa shape index (κ3) is 4.26. The first kappa shape index (κ1) is 20.2. The van der Waals surface area contributed by atoms with E-state index in [1.54, 1.807) is 18.2 Å². The van der Waals surface area contributed by atoms with Crippen LogP contribution in [0.4, 0.5) is 5.82 Å². The van der Waals surface area contributed by atoms with Gasteiger partial charge in [-0.2, -0.15) is 10.4 Å². The Bertz CT molecular complexity index is 1160. The van der Waals surface area contributed by atoms with Crippen LogP contribution in [0.5, 0.6) is 0 Å². The van der Waals surface area contributed by atoms with Crippen molar-refractivity contribution in [2.75, 3.05) is 12.3 Å². The molecule has 0 aliphatic carbocycles. The Balaban J connectivity index is 1.38. The minimum Gasteiger partial charge on any atom is -0.454 e. The Morgan fingerprint density at radius 1 is 1.29 bits per heavy atom. The number of nitrogens with one attached hydrogen (secondary N) is 2. The van der Waals surface area contributed by atoms with E-state index in [4.69, 9.17) is 15.7 Å². The van der Waals surface area contributed by atoms with Crippen molar-refractivity contribution in [1.82, 2.24) is 15.5 Å². The number of amides is 1. The molecule has 2 heterocycles. The number of carbonyl (C=O) groups excluding carboxylic acids is 2. The van der Waals surface area contributed by atoms with Gasteiger partial charge in [-0.05, 0) is 42.2 Å². The maximum atomic E-state index is 12.6. The molecule has 0 bridgehead atoms. The number of esters is 1. The van der Waals surface area contributed by atoms with E-state index in [2.05, 4.69) is 15.5 Å². The molecule has 1 aromatic heterocycles. The Kier molecular flexibility index (Phi) is 5.67. The van der Waals surface area contributed by atoms with Crippen molar-refractivity contribution in [1.29, 1.82) is 5.26 Å². The average molecular weight is 415 g/mol. The predicted octanol–water partition coefficient (Wildman–Crippen LogP) is 2.68. The minimum absolute atomic E-state index is 0.183. The molecule has 0 radical (unpaired) electrons. The van der Waals surface area contributed by atoms with Gasteiger partial charge in [-0.3, -0.25) is 9.89 Å². The number of hydrogen-bond acceptors (Lipinski definition) is 6. The number of benzene rings is 2. The van der Waals surface area contributed by atoms with Crippen LogP contribution in [0, 0.1) is 11.3 Å². The summed E-state index contributed by atoms with van der Waals surface area (Å²) in [6, 6.07) is 16.6. The van der Waals surface area contributed by atoms with Crippen LogP contribution in [0.25, 0.3) is 0 Å². The number of aromatic nitrogens is 2. The van der Waals surface area contributed by atoms with Gasteiger partial charge in [-0.1, -0.05) is 30.3 Å². The molecule has 8 heteroatoms. The quantitative estimate of drug-likeness (QED) is 0.419. The molecule has 156 valence electrons. The first-order chi connectivity index (χ1) is 15.1. The van der Waals surface area contributed by atoms with Crippen molar-refractivity contribution >= 4 is 17.7 Å². The number of nitriles is 1. The van der Waals surface area contributed by atoms with Crippen LogP contribution in [0.15, 0.2) is 48.5 Å². The minimum atomic E-state index is -0.380. The SMILES string of the molecule is N#Cc1c(N)n[nH]c1CCCNC(=O)c1ccc2c(c1)C[C@@H](c1ccccc1)OC2=O. The van der Waals surface area contributed by atoms with E-state index in [-0.39, 0.29) is 23.8 Å². The Morgan fingerprint density at radius 2 is 2.10 bits per heavy atom. The molecule has 0 fully saturated rings. The van der Waals surface area contributed by atoms with Crippen molar-refractivity contribution in [2.24, 2.45) is 0 Å². The highest BCUT2D eigenvalue weighted by atomic mass is 16.5. The molecule has 1 atom stereocenters. The van der Waals surface area contributed by atoms with E-state index in [0.717, 1.165) is 11.1 Å². The maximum Gasteiger partial charge on any atom is 0.339 e. The highest BCUT2D eigenvalue weighted by molar-refractivity contribution is 5.97. The van der Waals surface area contributed by atoms with Crippen LogP contribution in [0.1, 0.15) is 55.6 Å². The van der Waals surface area contributed by atoms with Crippen LogP contribution >= 0.6 is 0 Å². The molecular weight excluding hydrogens is 394 g/mol. The Hall–Kier alpha value is -4.12. The summed E-state index contributed by atoms with van der Waals surface area (Å²) in [5.74, 6) is -0.417. The first-order valence-electron chi connectivity index (χ1n) is 9.96. The standard InChI is InChI=1S/C23H21N5O3/c24-13-18-19(27-28-21(18)25)7-4-10-26-22(29)15-8-9-17-16(11-15)12-20(31-23(17)30)14-5-2-1-3-6-14/h1-3,5-6,8-9,11,20H,4,7,10,12H2,(H,26,29)(H3,25,27,28)/t20-/m0/s1. The third-order valence-corrected chi connectivity index (χ3v) is 5.28. The van der Waals surface area contributed by atoms with E-state index in [0.29, 0.717) is 48.2 Å². The van der Waals surface area contributed by atoms with Crippen molar-refractivity contribution < 1.29 is 14.3 Å². The molecule has 1 amide bonds. The lowest BCUT2D eigenvalue weighted by atomic mass is 9.93. The second kappa shape index (κ2) is 8.71. The molecule has 4 N–H and O–H groups in total. The van der Waals surface area contributed by atoms with Gasteiger partial charge in [0, 0.05) is 18.5 Å². The third-order valence-electron chi connectivity index (χ3n) is 5.28. The first-order valence-corrected chi connectivity index (χ1v) is 9.96. The Labute approximate surface area is 179 Å². The topological polar surface area (TPSA) is 134 Å². The van der Waals surface area contributed by atoms with Crippen LogP contribution in [-0.4, -0.2) is 28.6 Å². The number of nitrogens with zero attached hydrogens (tertiary/aromatic N) is 2. The van der Waals surface area contributed by atoms with Crippen molar-refractivity contribution in [3.8, 4) is 6.07 Å². The van der Waals surface area contributed by atoms with Crippen molar-refractivity contribution in [2.45, 2.75) is 25.4 Å². The van der Waals surface area contributed by atoms with Crippen molar-refractivity contribution in [3.63, 3.8) is 0 Å². The largest absolute Gasteiger partial charge is 0.454 e. The normalized spacial score (nSPS) is 14.9. The van der Waals surface area contributed by atoms with E-state index >= 15 is 0 Å². The van der Waals surface area contributed by atoms with Gasteiger partial charge in [0.25, 0.3) is 5.91 Å². The van der Waals surface area contributed by atoms with Gasteiger partial charge in [0.1, 0.15) is 17.7 Å². The number of nitrogen functional groups attached to an aromatic ring is 1. The number of aryl methyl sites for hydroxylation is 1. The Morgan fingerprint density at radius 3 is 2.87 bits per heavy atom. The fourth-order valence-corrected chi connectivity index (χ4v) is 3.66. The average Bonchev–Trinajstić information content (AvgIpc) is 3.15. The highest BCUT2D eigenvalue weighted by Gasteiger charge is 2.28. The number of rotatable bonds is 6. The monoisotopic (exact) mass is 415 g/mol. The zero-order valence-electron chi connectivity index (χ0n) is 16.7. The number of nitrogens with two attached hydrogens (primary N) is 1. The summed E-state index contributed by atoms with van der Waals surface area (Å²) in [5, 5.41) is 18.5. The number of H-pyrrole nitrogens is 1. The fraction of sp³-hybridized carbons (Fsp3) is 0.217. The van der Waals surface area contributed by atoms with Gasteiger partial charge in [0.15, 0.2) is 5.82 Å². The van der Waals surface area contributed by atoms with E-state index in [1.165, 1.54) is 0 Å². The number of fused-ring (bicyclic) bond motifs is 1. The molecule has 1 aliphatic heterocycles. The summed E-state index contributed by atoms with van der Waals surface area (Å²) in [5.41, 5.74) is 9.33. The predicted molar refractivity (Wildman–Crippen MR) is 113 cm³/mol. The van der Waals surface area contributed by atoms with E-state index in [9.17, 15) is 9.59 Å². The lowest BCUT2D eigenvalue weighted by Gasteiger charge is -2.25. The maximum absolute atomic E-state index is 12.6. The number of cyclic esters (lactones) is 1. The molecule has 31 heavy (non-hydrogen) atoms. The molecule has 3 aromatic rings. The molecule has 2 aromatic carbocycles. The number of hydrogen-bond donors (Lipinski definition) is 3. The second-order valence-corrected chi connectivity index (χ2v) is 7.31. The smallest absolute Gasteiger partial charge is 0.339 e. The molecule has 0 spiro atoms. The summed E-state index contributed by atoms with van der Waals surface area (Å²) in [7, 11) is 0. The van der Waals surface area contributed by atoms with Gasteiger partial charge in [0.2, 0.25) is 0 Å². The number of anilines is 1. The summed E-state index contributed by atoms with van der Waals surface area (Å²) >= 11 is 0. The van der Waals surface area contributed by atoms with E-state index < -0.39 is 0 Å². The van der Waals surface area contributed by atoms with E-state index in [1.807, 2.05) is 36.4 Å². The summed E-state index contributed by atoms with van der Waals surface area (Å²) in [4.78, 5) is 25.0. The highest BCUT2D eigenvalue weighted by Crippen LogP contribution is 2.31. The molecule has 0 saturated heterocycles. The number of aromatic amines is 1. The van der Waals surface area contributed by atoms with Crippen LogP contribution in [-0.2, 0) is 17.6 Å². The van der Waals surface area contributed by atoms with Gasteiger partial charge in [-0.25, -0.2) is 4.79 Å². The number of ether oxygens (including phenoxy) is 1. The van der Waals surface area contributed by atoms with Gasteiger partial charge >= 0.3 is 5.97 Å². The zero-order valence-corrected chi connectivity index (χ0v) is 16.7. The number of carbonyl (C=O) groups is 2. The molecule has 0 saturated carbocycles.